The molecule has 0 aliphatic carbocycles. The molecule has 1 saturated heterocycles. The molecule has 1 atom stereocenters. The number of carbonyl (C=O) groups excluding carboxylic acids is 2. The summed E-state index contributed by atoms with van der Waals surface area (Å²) in [4.78, 5) is 26.7. The third-order valence-corrected chi connectivity index (χ3v) is 4.39. The molecule has 6 heteroatoms. The van der Waals surface area contributed by atoms with Crippen molar-refractivity contribution in [2.45, 2.75) is 19.6 Å². The zero-order valence-electron chi connectivity index (χ0n) is 15.4. The van der Waals surface area contributed by atoms with Gasteiger partial charge in [0.2, 0.25) is 0 Å². The van der Waals surface area contributed by atoms with Gasteiger partial charge in [-0.25, -0.2) is 4.79 Å². The summed E-state index contributed by atoms with van der Waals surface area (Å²) in [6.07, 6.45) is -0.884. The van der Waals surface area contributed by atoms with Crippen LogP contribution in [0.15, 0.2) is 54.6 Å². The van der Waals surface area contributed by atoms with Crippen molar-refractivity contribution >= 4 is 17.6 Å². The number of benzene rings is 2. The van der Waals surface area contributed by atoms with Gasteiger partial charge in [0.15, 0.2) is 6.10 Å². The van der Waals surface area contributed by atoms with Gasteiger partial charge in [-0.05, 0) is 36.8 Å². The van der Waals surface area contributed by atoms with E-state index >= 15 is 0 Å². The minimum absolute atomic E-state index is 0.363. The van der Waals surface area contributed by atoms with Crippen LogP contribution in [0.3, 0.4) is 0 Å². The molecule has 6 nitrogen and oxygen atoms in total. The van der Waals surface area contributed by atoms with Gasteiger partial charge in [-0.3, -0.25) is 9.69 Å². The fourth-order valence-corrected chi connectivity index (χ4v) is 2.81. The Balaban J connectivity index is 1.51. The molecule has 0 spiro atoms. The third kappa shape index (κ3) is 5.64. The summed E-state index contributed by atoms with van der Waals surface area (Å²) in [5.41, 5.74) is 2.22. The Labute approximate surface area is 159 Å². The highest BCUT2D eigenvalue weighted by atomic mass is 16.5. The Bertz CT molecular complexity index is 756. The van der Waals surface area contributed by atoms with E-state index in [9.17, 15) is 9.59 Å². The van der Waals surface area contributed by atoms with Crippen LogP contribution < -0.4 is 5.32 Å². The fraction of sp³-hybridized carbons (Fsp3) is 0.333. The van der Waals surface area contributed by atoms with E-state index in [1.54, 1.807) is 31.2 Å². The van der Waals surface area contributed by atoms with Gasteiger partial charge in [0.1, 0.15) is 0 Å². The van der Waals surface area contributed by atoms with Crippen molar-refractivity contribution in [1.82, 2.24) is 4.90 Å². The number of nitrogens with one attached hydrogen (secondary N) is 1. The Morgan fingerprint density at radius 2 is 1.74 bits per heavy atom. The maximum Gasteiger partial charge on any atom is 0.338 e. The first-order valence-corrected chi connectivity index (χ1v) is 9.08. The van der Waals surface area contributed by atoms with Gasteiger partial charge < -0.3 is 14.8 Å². The molecule has 0 unspecified atom stereocenters. The van der Waals surface area contributed by atoms with E-state index in [0.717, 1.165) is 38.4 Å². The maximum absolute atomic E-state index is 12.3. The number of para-hydroxylation sites is 1. The quantitative estimate of drug-likeness (QED) is 0.794. The zero-order chi connectivity index (χ0) is 19.1. The number of anilines is 1. The molecular formula is C21H24N2O4. The molecule has 1 aliphatic heterocycles. The largest absolute Gasteiger partial charge is 0.449 e. The van der Waals surface area contributed by atoms with Gasteiger partial charge in [-0.2, -0.15) is 0 Å². The van der Waals surface area contributed by atoms with Gasteiger partial charge in [0.05, 0.1) is 18.8 Å². The minimum Gasteiger partial charge on any atom is -0.449 e. The Kier molecular flexibility index (Phi) is 6.57. The van der Waals surface area contributed by atoms with Crippen LogP contribution in [0, 0.1) is 0 Å². The molecule has 27 heavy (non-hydrogen) atoms. The number of morpholine rings is 1. The second-order valence-corrected chi connectivity index (χ2v) is 6.49. The SMILES string of the molecule is C[C@H](OC(=O)c1ccc(CN2CCOCC2)cc1)C(=O)Nc1ccccc1. The molecule has 1 heterocycles. The molecule has 0 bridgehead atoms. The normalized spacial score (nSPS) is 15.7. The molecule has 2 aromatic rings. The molecule has 1 aliphatic rings. The van der Waals surface area contributed by atoms with E-state index in [4.69, 9.17) is 9.47 Å². The molecule has 1 fully saturated rings. The second-order valence-electron chi connectivity index (χ2n) is 6.49. The molecule has 0 saturated carbocycles. The molecule has 0 radical (unpaired) electrons. The van der Waals surface area contributed by atoms with Crippen LogP contribution in [0.25, 0.3) is 0 Å². The van der Waals surface area contributed by atoms with Crippen LogP contribution in [-0.2, 0) is 20.8 Å². The van der Waals surface area contributed by atoms with Crippen molar-refractivity contribution < 1.29 is 19.1 Å². The van der Waals surface area contributed by atoms with Crippen LogP contribution in [-0.4, -0.2) is 49.2 Å². The van der Waals surface area contributed by atoms with Crippen molar-refractivity contribution in [2.24, 2.45) is 0 Å². The molecular weight excluding hydrogens is 344 g/mol. The lowest BCUT2D eigenvalue weighted by atomic mass is 10.1. The number of esters is 1. The minimum atomic E-state index is -0.884. The highest BCUT2D eigenvalue weighted by Crippen LogP contribution is 2.12. The van der Waals surface area contributed by atoms with E-state index in [1.165, 1.54) is 0 Å². The summed E-state index contributed by atoms with van der Waals surface area (Å²) in [5.74, 6) is -0.873. The van der Waals surface area contributed by atoms with Crippen molar-refractivity contribution in [2.75, 3.05) is 31.6 Å². The summed E-state index contributed by atoms with van der Waals surface area (Å²) >= 11 is 0. The first kappa shape index (κ1) is 19.1. The summed E-state index contributed by atoms with van der Waals surface area (Å²) in [6.45, 7) is 5.73. The van der Waals surface area contributed by atoms with Gasteiger partial charge >= 0.3 is 5.97 Å². The Morgan fingerprint density at radius 3 is 2.41 bits per heavy atom. The van der Waals surface area contributed by atoms with Crippen LogP contribution >= 0.6 is 0 Å². The highest BCUT2D eigenvalue weighted by Gasteiger charge is 2.19. The van der Waals surface area contributed by atoms with E-state index in [1.807, 2.05) is 30.3 Å². The van der Waals surface area contributed by atoms with E-state index in [2.05, 4.69) is 10.2 Å². The topological polar surface area (TPSA) is 67.9 Å². The maximum atomic E-state index is 12.3. The first-order valence-electron chi connectivity index (χ1n) is 9.08. The Morgan fingerprint density at radius 1 is 1.07 bits per heavy atom. The van der Waals surface area contributed by atoms with Crippen molar-refractivity contribution in [3.63, 3.8) is 0 Å². The van der Waals surface area contributed by atoms with E-state index < -0.39 is 12.1 Å². The van der Waals surface area contributed by atoms with Crippen LogP contribution in [0.1, 0.15) is 22.8 Å². The van der Waals surface area contributed by atoms with Crippen LogP contribution in [0.2, 0.25) is 0 Å². The number of nitrogens with zero attached hydrogens (tertiary/aromatic N) is 1. The predicted molar refractivity (Wildman–Crippen MR) is 102 cm³/mol. The molecule has 1 amide bonds. The molecule has 142 valence electrons. The second kappa shape index (κ2) is 9.30. The number of ether oxygens (including phenoxy) is 2. The van der Waals surface area contributed by atoms with Crippen molar-refractivity contribution in [3.8, 4) is 0 Å². The van der Waals surface area contributed by atoms with E-state index in [0.29, 0.717) is 11.3 Å². The van der Waals surface area contributed by atoms with Crippen LogP contribution in [0.5, 0.6) is 0 Å². The smallest absolute Gasteiger partial charge is 0.338 e. The summed E-state index contributed by atoms with van der Waals surface area (Å²) in [7, 11) is 0. The summed E-state index contributed by atoms with van der Waals surface area (Å²) < 4.78 is 10.6. The average Bonchev–Trinajstić information content (AvgIpc) is 2.70. The summed E-state index contributed by atoms with van der Waals surface area (Å²) in [5, 5.41) is 2.72. The number of hydrogen-bond donors (Lipinski definition) is 1. The Hall–Kier alpha value is -2.70. The monoisotopic (exact) mass is 368 g/mol. The lowest BCUT2D eigenvalue weighted by Gasteiger charge is -2.26. The fourth-order valence-electron chi connectivity index (χ4n) is 2.81. The van der Waals surface area contributed by atoms with Crippen LogP contribution in [0.4, 0.5) is 5.69 Å². The number of carbonyl (C=O) groups is 2. The third-order valence-electron chi connectivity index (χ3n) is 4.39. The lowest BCUT2D eigenvalue weighted by molar-refractivity contribution is -0.123. The van der Waals surface area contributed by atoms with E-state index in [-0.39, 0.29) is 5.91 Å². The number of hydrogen-bond acceptors (Lipinski definition) is 5. The van der Waals surface area contributed by atoms with Gasteiger partial charge in [0.25, 0.3) is 5.91 Å². The number of amides is 1. The molecule has 2 aromatic carbocycles. The first-order chi connectivity index (χ1) is 13.1. The highest BCUT2D eigenvalue weighted by molar-refractivity contribution is 5.97. The average molecular weight is 368 g/mol. The molecule has 0 aromatic heterocycles. The standard InChI is InChI=1S/C21H24N2O4/c1-16(20(24)22-19-5-3-2-4-6-19)27-21(25)18-9-7-17(8-10-18)15-23-11-13-26-14-12-23/h2-10,16H,11-15H2,1H3,(H,22,24)/t16-/m0/s1. The van der Waals surface area contributed by atoms with Gasteiger partial charge in [0, 0.05) is 25.3 Å². The van der Waals surface area contributed by atoms with Gasteiger partial charge in [-0.1, -0.05) is 30.3 Å². The van der Waals surface area contributed by atoms with Crippen molar-refractivity contribution in [3.05, 3.63) is 65.7 Å². The predicted octanol–water partition coefficient (Wildman–Crippen LogP) is 2.70. The zero-order valence-corrected chi connectivity index (χ0v) is 15.4. The van der Waals surface area contributed by atoms with Gasteiger partial charge in [-0.15, -0.1) is 0 Å². The lowest BCUT2D eigenvalue weighted by Crippen LogP contribution is -2.35. The number of rotatable bonds is 6. The molecule has 3 rings (SSSR count). The van der Waals surface area contributed by atoms with Crippen molar-refractivity contribution in [1.29, 1.82) is 0 Å². The molecule has 1 N–H and O–H groups in total. The summed E-state index contributed by atoms with van der Waals surface area (Å²) in [6, 6.07) is 16.4.